The second kappa shape index (κ2) is 10.7. The minimum atomic E-state index is -0.612. The molecule has 5 rings (SSSR count). The molecule has 188 valence electrons. The van der Waals surface area contributed by atoms with Crippen molar-refractivity contribution in [1.29, 1.82) is 0 Å². The van der Waals surface area contributed by atoms with Gasteiger partial charge in [-0.1, -0.05) is 23.7 Å². The largest absolute Gasteiger partial charge is 0.490 e. The Kier molecular flexibility index (Phi) is 7.56. The summed E-state index contributed by atoms with van der Waals surface area (Å²) < 4.78 is 42.1. The highest BCUT2D eigenvalue weighted by Gasteiger charge is 2.53. The van der Waals surface area contributed by atoms with Gasteiger partial charge in [-0.25, -0.2) is 8.78 Å². The number of hydrogen-bond acceptors (Lipinski definition) is 4. The predicted octanol–water partition coefficient (Wildman–Crippen LogP) is 5.64. The fourth-order valence-electron chi connectivity index (χ4n) is 5.75. The van der Waals surface area contributed by atoms with Gasteiger partial charge in [0, 0.05) is 48.0 Å². The molecule has 2 saturated heterocycles. The molecule has 3 aliphatic heterocycles. The van der Waals surface area contributed by atoms with Crippen LogP contribution in [0.4, 0.5) is 8.78 Å². The van der Waals surface area contributed by atoms with E-state index in [-0.39, 0.29) is 23.7 Å². The first-order valence-electron chi connectivity index (χ1n) is 12.3. The number of rotatable bonds is 9. The summed E-state index contributed by atoms with van der Waals surface area (Å²) in [5.41, 5.74) is 0.773. The van der Waals surface area contributed by atoms with Gasteiger partial charge in [-0.15, -0.1) is 0 Å². The fraction of sp³-hybridized carbons (Fsp3) is 0.519. The van der Waals surface area contributed by atoms with Gasteiger partial charge in [0.05, 0.1) is 12.7 Å². The van der Waals surface area contributed by atoms with Gasteiger partial charge < -0.3 is 14.4 Å². The first kappa shape index (κ1) is 24.8. The Morgan fingerprint density at radius 2 is 1.91 bits per heavy atom. The molecule has 3 atom stereocenters. The molecule has 2 aromatic rings. The van der Waals surface area contributed by atoms with E-state index in [1.807, 2.05) is 40.9 Å². The standard InChI is InChI=1S/C27H30ClF2NO3S/c28-19-4-2-18(3-5-19)16-27-10-13-33-23(9-15-35-14-1-11-31-12-8-24(31)32)20(27)17-34-26-22(30)7-6-21(29)25(26)27/h2-7,20,23H,1,8-17H2/t20-,23-,27-/m0/s1. The summed E-state index contributed by atoms with van der Waals surface area (Å²) in [6.07, 6.45) is 3.55. The summed E-state index contributed by atoms with van der Waals surface area (Å²) in [7, 11) is 0. The van der Waals surface area contributed by atoms with Crippen LogP contribution in [-0.2, 0) is 21.4 Å². The van der Waals surface area contributed by atoms with E-state index in [0.29, 0.717) is 43.1 Å². The van der Waals surface area contributed by atoms with Crippen molar-refractivity contribution < 1.29 is 23.0 Å². The molecule has 35 heavy (non-hydrogen) atoms. The van der Waals surface area contributed by atoms with Gasteiger partial charge in [-0.3, -0.25) is 4.79 Å². The first-order chi connectivity index (χ1) is 17.0. The number of halogens is 3. The molecule has 2 fully saturated rings. The van der Waals surface area contributed by atoms with Gasteiger partial charge >= 0.3 is 0 Å². The van der Waals surface area contributed by atoms with E-state index in [1.165, 1.54) is 6.07 Å². The number of carbonyl (C=O) groups excluding carboxylic acids is 1. The Morgan fingerprint density at radius 1 is 1.11 bits per heavy atom. The maximum Gasteiger partial charge on any atom is 0.224 e. The third-order valence-electron chi connectivity index (χ3n) is 7.65. The smallest absolute Gasteiger partial charge is 0.224 e. The lowest BCUT2D eigenvalue weighted by Crippen LogP contribution is -2.55. The molecule has 1 amide bonds. The second-order valence-electron chi connectivity index (χ2n) is 9.65. The van der Waals surface area contributed by atoms with Crippen molar-refractivity contribution in [3.8, 4) is 5.75 Å². The highest BCUT2D eigenvalue weighted by Crippen LogP contribution is 2.52. The van der Waals surface area contributed by atoms with E-state index >= 15 is 4.39 Å². The van der Waals surface area contributed by atoms with Crippen LogP contribution in [0.5, 0.6) is 5.75 Å². The summed E-state index contributed by atoms with van der Waals surface area (Å²) in [5.74, 6) is 1.16. The Bertz CT molecular complexity index is 1070. The molecule has 0 aliphatic carbocycles. The van der Waals surface area contributed by atoms with Crippen molar-refractivity contribution in [2.24, 2.45) is 5.92 Å². The minimum Gasteiger partial charge on any atom is -0.490 e. The molecule has 4 nitrogen and oxygen atoms in total. The number of β-lactam (4-membered cyclic amide) rings is 1. The Hall–Kier alpha value is -1.83. The first-order valence-corrected chi connectivity index (χ1v) is 13.8. The van der Waals surface area contributed by atoms with Crippen molar-refractivity contribution in [2.45, 2.75) is 43.6 Å². The summed E-state index contributed by atoms with van der Waals surface area (Å²) in [6, 6.07) is 9.96. The molecular formula is C27H30ClF2NO3S. The van der Waals surface area contributed by atoms with Gasteiger partial charge in [-0.05, 0) is 67.0 Å². The Balaban J connectivity index is 1.32. The van der Waals surface area contributed by atoms with Crippen LogP contribution in [0.3, 0.4) is 0 Å². The van der Waals surface area contributed by atoms with Crippen LogP contribution in [0.25, 0.3) is 0 Å². The zero-order chi connectivity index (χ0) is 24.4. The number of fused-ring (bicyclic) bond motifs is 3. The van der Waals surface area contributed by atoms with Gasteiger partial charge in [-0.2, -0.15) is 11.8 Å². The minimum absolute atomic E-state index is 0.0470. The van der Waals surface area contributed by atoms with Crippen molar-refractivity contribution in [3.05, 3.63) is 64.2 Å². The Labute approximate surface area is 214 Å². The van der Waals surface area contributed by atoms with E-state index in [0.717, 1.165) is 49.1 Å². The normalized spacial score (nSPS) is 25.5. The molecule has 0 N–H and O–H groups in total. The molecule has 3 aliphatic rings. The highest BCUT2D eigenvalue weighted by atomic mass is 35.5. The van der Waals surface area contributed by atoms with Gasteiger partial charge in [0.15, 0.2) is 11.6 Å². The molecule has 0 unspecified atom stereocenters. The SMILES string of the molecule is O=C1CCN1CCCSCC[C@@H]1OCC[C@@]2(Cc3ccc(Cl)cc3)c3c(F)ccc(F)c3OC[C@@H]12. The van der Waals surface area contributed by atoms with Crippen LogP contribution >= 0.6 is 23.4 Å². The molecular weight excluding hydrogens is 492 g/mol. The molecule has 0 spiro atoms. The van der Waals surface area contributed by atoms with E-state index in [4.69, 9.17) is 21.1 Å². The van der Waals surface area contributed by atoms with Crippen molar-refractivity contribution >= 4 is 29.3 Å². The maximum atomic E-state index is 15.3. The predicted molar refractivity (Wildman–Crippen MR) is 134 cm³/mol. The summed E-state index contributed by atoms with van der Waals surface area (Å²) in [5, 5.41) is 0.646. The molecule has 0 radical (unpaired) electrons. The molecule has 8 heteroatoms. The lowest BCUT2D eigenvalue weighted by Gasteiger charge is -2.51. The average Bonchev–Trinajstić information content (AvgIpc) is 2.85. The average molecular weight is 522 g/mol. The van der Waals surface area contributed by atoms with E-state index in [2.05, 4.69) is 0 Å². The highest BCUT2D eigenvalue weighted by molar-refractivity contribution is 7.99. The zero-order valence-electron chi connectivity index (χ0n) is 19.6. The van der Waals surface area contributed by atoms with Crippen LogP contribution < -0.4 is 4.74 Å². The van der Waals surface area contributed by atoms with E-state index in [1.54, 1.807) is 0 Å². The monoisotopic (exact) mass is 521 g/mol. The molecule has 3 heterocycles. The fourth-order valence-corrected chi connectivity index (χ4v) is 6.82. The summed E-state index contributed by atoms with van der Waals surface area (Å²) in [4.78, 5) is 13.3. The van der Waals surface area contributed by atoms with Crippen molar-refractivity contribution in [3.63, 3.8) is 0 Å². The molecule has 2 aromatic carbocycles. The van der Waals surface area contributed by atoms with E-state index in [9.17, 15) is 9.18 Å². The van der Waals surface area contributed by atoms with Crippen molar-refractivity contribution in [2.75, 3.05) is 37.8 Å². The molecule has 0 saturated carbocycles. The number of hydrogen-bond donors (Lipinski definition) is 0. The van der Waals surface area contributed by atoms with Crippen molar-refractivity contribution in [1.82, 2.24) is 4.90 Å². The van der Waals surface area contributed by atoms with Crippen LogP contribution in [0, 0.1) is 17.6 Å². The van der Waals surface area contributed by atoms with Crippen LogP contribution in [0.2, 0.25) is 5.02 Å². The number of ether oxygens (including phenoxy) is 2. The quantitative estimate of drug-likeness (QED) is 0.316. The van der Waals surface area contributed by atoms with Gasteiger partial charge in [0.2, 0.25) is 5.91 Å². The van der Waals surface area contributed by atoms with Crippen LogP contribution in [0.15, 0.2) is 36.4 Å². The lowest BCUT2D eigenvalue weighted by molar-refractivity contribution is -0.139. The zero-order valence-corrected chi connectivity index (χ0v) is 21.2. The number of amides is 1. The third kappa shape index (κ3) is 5.05. The number of nitrogens with zero attached hydrogens (tertiary/aromatic N) is 1. The maximum absolute atomic E-state index is 15.3. The van der Waals surface area contributed by atoms with E-state index < -0.39 is 17.0 Å². The topological polar surface area (TPSA) is 38.8 Å². The summed E-state index contributed by atoms with van der Waals surface area (Å²) >= 11 is 7.95. The second-order valence-corrected chi connectivity index (χ2v) is 11.3. The summed E-state index contributed by atoms with van der Waals surface area (Å²) in [6.45, 7) is 2.50. The molecule has 0 bridgehead atoms. The molecule has 0 aromatic heterocycles. The number of thioether (sulfide) groups is 1. The van der Waals surface area contributed by atoms with Gasteiger partial charge in [0.25, 0.3) is 0 Å². The third-order valence-corrected chi connectivity index (χ3v) is 9.00. The van der Waals surface area contributed by atoms with Gasteiger partial charge in [0.1, 0.15) is 5.82 Å². The number of carbonyl (C=O) groups is 1. The number of likely N-dealkylation sites (tertiary alicyclic amines) is 1. The van der Waals surface area contributed by atoms with Crippen LogP contribution in [0.1, 0.15) is 36.8 Å². The van der Waals surface area contributed by atoms with Crippen LogP contribution in [-0.4, -0.2) is 54.7 Å². The lowest BCUT2D eigenvalue weighted by atomic mass is 9.60. The Morgan fingerprint density at radius 3 is 2.66 bits per heavy atom. The number of benzene rings is 2.